The normalized spacial score (nSPS) is 11.2. The Bertz CT molecular complexity index is 1170. The van der Waals surface area contributed by atoms with Crippen LogP contribution in [0, 0.1) is 0 Å². The van der Waals surface area contributed by atoms with E-state index in [9.17, 15) is 18.0 Å². The number of benzene rings is 2. The van der Waals surface area contributed by atoms with Crippen molar-refractivity contribution in [2.24, 2.45) is 0 Å². The predicted molar refractivity (Wildman–Crippen MR) is 108 cm³/mol. The molecule has 0 amide bonds. The highest BCUT2D eigenvalue weighted by Gasteiger charge is 2.18. The number of carbonyl (C=O) groups excluding carboxylic acids is 1. The highest BCUT2D eigenvalue weighted by Crippen LogP contribution is 2.19. The molecule has 150 valence electrons. The standard InChI is InChI=1S/C21H17ClO6S/c22-16-7-4-8-18(11-16)29(25,26)10-9-17-12-19(24)21(20(13-23)28-17)27-14-15-5-2-1-3-6-15/h1-8,11-13H,9-10,14H2. The SMILES string of the molecule is O=Cc1oc(CCS(=O)(=O)c2cccc(Cl)c2)cc(=O)c1OCc1ccccc1. The summed E-state index contributed by atoms with van der Waals surface area (Å²) in [7, 11) is -3.64. The third kappa shape index (κ3) is 5.34. The van der Waals surface area contributed by atoms with Crippen molar-refractivity contribution in [1.82, 2.24) is 0 Å². The number of hydrogen-bond acceptors (Lipinski definition) is 6. The summed E-state index contributed by atoms with van der Waals surface area (Å²) >= 11 is 5.84. The van der Waals surface area contributed by atoms with E-state index in [1.165, 1.54) is 12.1 Å². The molecule has 8 heteroatoms. The average Bonchev–Trinajstić information content (AvgIpc) is 2.72. The van der Waals surface area contributed by atoms with E-state index in [4.69, 9.17) is 20.8 Å². The van der Waals surface area contributed by atoms with Crippen molar-refractivity contribution in [3.05, 3.63) is 93.0 Å². The van der Waals surface area contributed by atoms with E-state index >= 15 is 0 Å². The quantitative estimate of drug-likeness (QED) is 0.504. The Hall–Kier alpha value is -2.90. The number of aldehydes is 1. The second-order valence-electron chi connectivity index (χ2n) is 6.19. The fourth-order valence-electron chi connectivity index (χ4n) is 2.64. The minimum atomic E-state index is -3.64. The van der Waals surface area contributed by atoms with E-state index in [-0.39, 0.29) is 40.9 Å². The molecule has 29 heavy (non-hydrogen) atoms. The smallest absolute Gasteiger partial charge is 0.227 e. The molecule has 0 saturated carbocycles. The van der Waals surface area contributed by atoms with Gasteiger partial charge in [0.15, 0.2) is 16.1 Å². The van der Waals surface area contributed by atoms with Crippen LogP contribution in [0.4, 0.5) is 0 Å². The fraction of sp³-hybridized carbons (Fsp3) is 0.143. The Morgan fingerprint density at radius 3 is 2.48 bits per heavy atom. The molecular formula is C21H17ClO6S. The van der Waals surface area contributed by atoms with Gasteiger partial charge < -0.3 is 9.15 Å². The van der Waals surface area contributed by atoms with Crippen LogP contribution in [0.25, 0.3) is 0 Å². The Kier molecular flexibility index (Phi) is 6.51. The second kappa shape index (κ2) is 9.07. The zero-order chi connectivity index (χ0) is 20.9. The van der Waals surface area contributed by atoms with Gasteiger partial charge >= 0.3 is 0 Å². The van der Waals surface area contributed by atoms with Crippen LogP contribution in [0.2, 0.25) is 5.02 Å². The van der Waals surface area contributed by atoms with Crippen LogP contribution < -0.4 is 10.2 Å². The van der Waals surface area contributed by atoms with Gasteiger partial charge in [0.25, 0.3) is 0 Å². The molecular weight excluding hydrogens is 416 g/mol. The highest BCUT2D eigenvalue weighted by molar-refractivity contribution is 7.91. The van der Waals surface area contributed by atoms with Crippen molar-refractivity contribution < 1.29 is 22.4 Å². The number of aryl methyl sites for hydroxylation is 1. The summed E-state index contributed by atoms with van der Waals surface area (Å²) in [6.07, 6.45) is 0.292. The summed E-state index contributed by atoms with van der Waals surface area (Å²) < 4.78 is 35.8. The molecule has 1 aromatic heterocycles. The fourth-order valence-corrected chi connectivity index (χ4v) is 4.19. The minimum Gasteiger partial charge on any atom is -0.481 e. The van der Waals surface area contributed by atoms with Gasteiger partial charge in [-0.25, -0.2) is 8.42 Å². The number of halogens is 1. The monoisotopic (exact) mass is 432 g/mol. The maximum absolute atomic E-state index is 12.5. The van der Waals surface area contributed by atoms with E-state index in [0.717, 1.165) is 11.6 Å². The Labute approximate surface area is 172 Å². The number of ether oxygens (including phenoxy) is 1. The molecule has 0 aliphatic heterocycles. The van der Waals surface area contributed by atoms with Gasteiger partial charge in [-0.1, -0.05) is 48.0 Å². The lowest BCUT2D eigenvalue weighted by Crippen LogP contribution is -2.14. The number of rotatable bonds is 8. The van der Waals surface area contributed by atoms with Crippen molar-refractivity contribution in [2.75, 3.05) is 5.75 Å². The largest absolute Gasteiger partial charge is 0.481 e. The third-order valence-electron chi connectivity index (χ3n) is 4.09. The van der Waals surface area contributed by atoms with Crippen LogP contribution in [-0.4, -0.2) is 20.5 Å². The molecule has 0 radical (unpaired) electrons. The van der Waals surface area contributed by atoms with Gasteiger partial charge in [0.2, 0.25) is 16.9 Å². The summed E-state index contributed by atoms with van der Waals surface area (Å²) in [6, 6.07) is 16.2. The van der Waals surface area contributed by atoms with Gasteiger partial charge in [0.1, 0.15) is 12.4 Å². The third-order valence-corrected chi connectivity index (χ3v) is 6.03. The maximum atomic E-state index is 12.5. The number of carbonyl (C=O) groups is 1. The predicted octanol–water partition coefficient (Wildman–Crippen LogP) is 3.70. The van der Waals surface area contributed by atoms with Crippen molar-refractivity contribution in [2.45, 2.75) is 17.9 Å². The Morgan fingerprint density at radius 2 is 1.79 bits per heavy atom. The average molecular weight is 433 g/mol. The van der Waals surface area contributed by atoms with E-state index in [2.05, 4.69) is 0 Å². The van der Waals surface area contributed by atoms with E-state index < -0.39 is 15.3 Å². The molecule has 3 aromatic rings. The molecule has 0 aliphatic carbocycles. The first-order chi connectivity index (χ1) is 13.9. The number of hydrogen-bond donors (Lipinski definition) is 0. The summed E-state index contributed by atoms with van der Waals surface area (Å²) in [5, 5.41) is 0.306. The lowest BCUT2D eigenvalue weighted by molar-refractivity contribution is 0.108. The van der Waals surface area contributed by atoms with Crippen LogP contribution >= 0.6 is 11.6 Å². The lowest BCUT2D eigenvalue weighted by Gasteiger charge is -2.09. The summed E-state index contributed by atoms with van der Waals surface area (Å²) in [4.78, 5) is 23.8. The van der Waals surface area contributed by atoms with Crippen molar-refractivity contribution in [3.8, 4) is 5.75 Å². The number of sulfone groups is 1. The zero-order valence-electron chi connectivity index (χ0n) is 15.2. The first-order valence-corrected chi connectivity index (χ1v) is 10.7. The molecule has 6 nitrogen and oxygen atoms in total. The van der Waals surface area contributed by atoms with Crippen LogP contribution in [0.15, 0.2) is 74.8 Å². The summed E-state index contributed by atoms with van der Waals surface area (Å²) in [5.74, 6) is -0.706. The van der Waals surface area contributed by atoms with Crippen molar-refractivity contribution in [1.29, 1.82) is 0 Å². The molecule has 1 heterocycles. The Balaban J connectivity index is 1.76. The topological polar surface area (TPSA) is 90.6 Å². The molecule has 0 spiro atoms. The minimum absolute atomic E-state index is 0.0748. The van der Waals surface area contributed by atoms with Gasteiger partial charge in [0.05, 0.1) is 10.6 Å². The highest BCUT2D eigenvalue weighted by atomic mass is 35.5. The van der Waals surface area contributed by atoms with Crippen molar-refractivity contribution in [3.63, 3.8) is 0 Å². The molecule has 0 N–H and O–H groups in total. The molecule has 0 unspecified atom stereocenters. The van der Waals surface area contributed by atoms with Gasteiger partial charge in [-0.05, 0) is 23.8 Å². The van der Waals surface area contributed by atoms with Crippen LogP contribution in [0.1, 0.15) is 21.9 Å². The van der Waals surface area contributed by atoms with E-state index in [0.29, 0.717) is 11.3 Å². The van der Waals surface area contributed by atoms with Crippen LogP contribution in [0.5, 0.6) is 5.75 Å². The van der Waals surface area contributed by atoms with Crippen molar-refractivity contribution >= 4 is 27.7 Å². The molecule has 0 bridgehead atoms. The van der Waals surface area contributed by atoms with E-state index in [1.54, 1.807) is 12.1 Å². The second-order valence-corrected chi connectivity index (χ2v) is 8.73. The molecule has 0 atom stereocenters. The van der Waals surface area contributed by atoms with E-state index in [1.807, 2.05) is 30.3 Å². The first kappa shape index (κ1) is 20.8. The lowest BCUT2D eigenvalue weighted by atomic mass is 10.2. The molecule has 0 saturated heterocycles. The Morgan fingerprint density at radius 1 is 1.03 bits per heavy atom. The zero-order valence-corrected chi connectivity index (χ0v) is 16.8. The van der Waals surface area contributed by atoms with Gasteiger partial charge in [0, 0.05) is 17.5 Å². The molecule has 3 rings (SSSR count). The molecule has 2 aromatic carbocycles. The summed E-state index contributed by atoms with van der Waals surface area (Å²) in [5.41, 5.74) is 0.268. The first-order valence-electron chi connectivity index (χ1n) is 8.66. The van der Waals surface area contributed by atoms with Gasteiger partial charge in [-0.3, -0.25) is 9.59 Å². The van der Waals surface area contributed by atoms with Crippen LogP contribution in [-0.2, 0) is 22.9 Å². The molecule has 0 fully saturated rings. The summed E-state index contributed by atoms with van der Waals surface area (Å²) in [6.45, 7) is 0.0922. The van der Waals surface area contributed by atoms with Gasteiger partial charge in [-0.2, -0.15) is 0 Å². The molecule has 0 aliphatic rings. The maximum Gasteiger partial charge on any atom is 0.227 e. The van der Waals surface area contributed by atoms with Crippen LogP contribution in [0.3, 0.4) is 0 Å². The van der Waals surface area contributed by atoms with Gasteiger partial charge in [-0.15, -0.1) is 0 Å².